The van der Waals surface area contributed by atoms with Gasteiger partial charge in [0, 0.05) is 6.42 Å². The normalized spacial score (nSPS) is 11.4. The Morgan fingerprint density at radius 2 is 1.67 bits per heavy atom. The molecule has 1 aromatic carbocycles. The van der Waals surface area contributed by atoms with Crippen molar-refractivity contribution in [1.29, 1.82) is 0 Å². The molecule has 0 aromatic heterocycles. The zero-order chi connectivity index (χ0) is 15.3. The van der Waals surface area contributed by atoms with Crippen molar-refractivity contribution in [2.45, 2.75) is 65.2 Å². The van der Waals surface area contributed by atoms with Crippen LogP contribution in [-0.2, 0) is 4.79 Å². The zero-order valence-electron chi connectivity index (χ0n) is 13.4. The zero-order valence-corrected chi connectivity index (χ0v) is 13.4. The minimum Gasteiger partial charge on any atom is -0.273 e. The fourth-order valence-electron chi connectivity index (χ4n) is 2.23. The van der Waals surface area contributed by atoms with Crippen LogP contribution in [0.2, 0.25) is 0 Å². The predicted octanol–water partition coefficient (Wildman–Crippen LogP) is 4.67. The van der Waals surface area contributed by atoms with Gasteiger partial charge in [0.2, 0.25) is 5.91 Å². The van der Waals surface area contributed by atoms with Gasteiger partial charge in [0.15, 0.2) is 0 Å². The Hall–Kier alpha value is -1.64. The summed E-state index contributed by atoms with van der Waals surface area (Å²) in [6, 6.07) is 9.98. The first-order chi connectivity index (χ1) is 10.3. The molecular formula is C18H28N2O. The van der Waals surface area contributed by atoms with Crippen LogP contribution in [0, 0.1) is 0 Å². The summed E-state index contributed by atoms with van der Waals surface area (Å²) in [4.78, 5) is 11.8. The Morgan fingerprint density at radius 1 is 1.00 bits per heavy atom. The summed E-state index contributed by atoms with van der Waals surface area (Å²) in [5, 5.41) is 4.26. The van der Waals surface area contributed by atoms with Gasteiger partial charge in [0.05, 0.1) is 5.71 Å². The average molecular weight is 288 g/mol. The van der Waals surface area contributed by atoms with Crippen molar-refractivity contribution < 1.29 is 4.79 Å². The number of nitrogens with one attached hydrogen (secondary N) is 1. The topological polar surface area (TPSA) is 41.5 Å². The van der Waals surface area contributed by atoms with Gasteiger partial charge in [-0.3, -0.25) is 4.79 Å². The molecule has 116 valence electrons. The first kappa shape index (κ1) is 17.4. The number of carbonyl (C=O) groups is 1. The monoisotopic (exact) mass is 288 g/mol. The Kier molecular flexibility index (Phi) is 9.18. The lowest BCUT2D eigenvalue weighted by molar-refractivity contribution is -0.121. The molecule has 3 nitrogen and oxygen atoms in total. The molecule has 0 aliphatic rings. The van der Waals surface area contributed by atoms with Crippen LogP contribution < -0.4 is 5.43 Å². The van der Waals surface area contributed by atoms with E-state index in [1.807, 2.05) is 37.3 Å². The van der Waals surface area contributed by atoms with E-state index in [0.29, 0.717) is 6.42 Å². The maximum atomic E-state index is 11.8. The standard InChI is InChI=1S/C18H28N2O/c1-3-5-6-7-8-12-15-18(21)20-19-17(4-2)16-13-10-9-11-14-16/h9-11,13-14H,3-8,12,15H2,1-2H3,(H,20,21)/b19-17+. The van der Waals surface area contributed by atoms with Crippen LogP contribution in [0.5, 0.6) is 0 Å². The van der Waals surface area contributed by atoms with Crippen LogP contribution in [0.25, 0.3) is 0 Å². The van der Waals surface area contributed by atoms with E-state index in [1.165, 1.54) is 25.7 Å². The lowest BCUT2D eigenvalue weighted by Gasteiger charge is -2.05. The number of hydrazone groups is 1. The highest BCUT2D eigenvalue weighted by atomic mass is 16.2. The fraction of sp³-hybridized carbons (Fsp3) is 0.556. The molecular weight excluding hydrogens is 260 g/mol. The summed E-state index contributed by atoms with van der Waals surface area (Å²) in [6.45, 7) is 4.26. The lowest BCUT2D eigenvalue weighted by Crippen LogP contribution is -2.19. The van der Waals surface area contributed by atoms with Crippen LogP contribution in [0.4, 0.5) is 0 Å². The Balaban J connectivity index is 2.28. The highest BCUT2D eigenvalue weighted by Gasteiger charge is 2.03. The van der Waals surface area contributed by atoms with Gasteiger partial charge < -0.3 is 0 Å². The lowest BCUT2D eigenvalue weighted by atomic mass is 10.1. The van der Waals surface area contributed by atoms with Gasteiger partial charge in [-0.1, -0.05) is 76.3 Å². The van der Waals surface area contributed by atoms with Gasteiger partial charge in [-0.15, -0.1) is 0 Å². The number of rotatable bonds is 10. The van der Waals surface area contributed by atoms with Crippen molar-refractivity contribution in [3.63, 3.8) is 0 Å². The van der Waals surface area contributed by atoms with E-state index in [1.54, 1.807) is 0 Å². The van der Waals surface area contributed by atoms with Gasteiger partial charge in [0.1, 0.15) is 0 Å². The molecule has 1 rings (SSSR count). The molecule has 0 aliphatic heterocycles. The molecule has 0 atom stereocenters. The number of benzene rings is 1. The smallest absolute Gasteiger partial charge is 0.240 e. The second-order valence-corrected chi connectivity index (χ2v) is 5.33. The first-order valence-electron chi connectivity index (χ1n) is 8.18. The van der Waals surface area contributed by atoms with Crippen LogP contribution in [0.3, 0.4) is 0 Å². The molecule has 0 saturated heterocycles. The number of hydrogen-bond donors (Lipinski definition) is 1. The first-order valence-corrected chi connectivity index (χ1v) is 8.18. The number of unbranched alkanes of at least 4 members (excludes halogenated alkanes) is 5. The van der Waals surface area contributed by atoms with Crippen molar-refractivity contribution in [2.24, 2.45) is 5.10 Å². The summed E-state index contributed by atoms with van der Waals surface area (Å²) in [5.74, 6) is 0.0207. The number of amides is 1. The van der Waals surface area contributed by atoms with Crippen LogP contribution in [0.1, 0.15) is 70.8 Å². The highest BCUT2D eigenvalue weighted by Crippen LogP contribution is 2.07. The molecule has 1 aromatic rings. The van der Waals surface area contributed by atoms with E-state index >= 15 is 0 Å². The van der Waals surface area contributed by atoms with E-state index in [9.17, 15) is 4.79 Å². The third kappa shape index (κ3) is 7.64. The van der Waals surface area contributed by atoms with Crippen LogP contribution in [-0.4, -0.2) is 11.6 Å². The fourth-order valence-corrected chi connectivity index (χ4v) is 2.23. The molecule has 0 bridgehead atoms. The molecule has 0 radical (unpaired) electrons. The summed E-state index contributed by atoms with van der Waals surface area (Å²) < 4.78 is 0. The van der Waals surface area contributed by atoms with E-state index in [4.69, 9.17) is 0 Å². The quantitative estimate of drug-likeness (QED) is 0.379. The molecule has 1 N–H and O–H groups in total. The number of hydrogen-bond acceptors (Lipinski definition) is 2. The minimum atomic E-state index is 0.0207. The predicted molar refractivity (Wildman–Crippen MR) is 89.4 cm³/mol. The molecule has 0 aliphatic carbocycles. The second-order valence-electron chi connectivity index (χ2n) is 5.33. The Morgan fingerprint density at radius 3 is 2.33 bits per heavy atom. The molecule has 0 unspecified atom stereocenters. The van der Waals surface area contributed by atoms with Crippen molar-refractivity contribution in [1.82, 2.24) is 5.43 Å². The Labute approximate surface area is 128 Å². The van der Waals surface area contributed by atoms with Crippen molar-refractivity contribution in [2.75, 3.05) is 0 Å². The number of carbonyl (C=O) groups excluding carboxylic acids is 1. The molecule has 0 fully saturated rings. The van der Waals surface area contributed by atoms with Gasteiger partial charge in [-0.05, 0) is 18.4 Å². The minimum absolute atomic E-state index is 0.0207. The molecule has 21 heavy (non-hydrogen) atoms. The van der Waals surface area contributed by atoms with Gasteiger partial charge in [-0.25, -0.2) is 5.43 Å². The molecule has 0 saturated carbocycles. The molecule has 0 spiro atoms. The van der Waals surface area contributed by atoms with Crippen molar-refractivity contribution in [3.8, 4) is 0 Å². The van der Waals surface area contributed by atoms with E-state index in [-0.39, 0.29) is 5.91 Å². The van der Waals surface area contributed by atoms with Gasteiger partial charge >= 0.3 is 0 Å². The maximum Gasteiger partial charge on any atom is 0.240 e. The van der Waals surface area contributed by atoms with Gasteiger partial charge in [0.25, 0.3) is 0 Å². The largest absolute Gasteiger partial charge is 0.273 e. The Bertz CT molecular complexity index is 426. The van der Waals surface area contributed by atoms with Crippen LogP contribution >= 0.6 is 0 Å². The van der Waals surface area contributed by atoms with Gasteiger partial charge in [-0.2, -0.15) is 5.10 Å². The molecule has 3 heteroatoms. The summed E-state index contributed by atoms with van der Waals surface area (Å²) in [6.07, 6.45) is 8.54. The summed E-state index contributed by atoms with van der Waals surface area (Å²) in [7, 11) is 0. The van der Waals surface area contributed by atoms with E-state index < -0.39 is 0 Å². The highest BCUT2D eigenvalue weighted by molar-refractivity contribution is 6.00. The third-order valence-corrected chi connectivity index (χ3v) is 3.51. The van der Waals surface area contributed by atoms with E-state index in [0.717, 1.165) is 30.5 Å². The molecule has 1 amide bonds. The molecule has 0 heterocycles. The second kappa shape index (κ2) is 11.1. The van der Waals surface area contributed by atoms with Crippen LogP contribution in [0.15, 0.2) is 35.4 Å². The van der Waals surface area contributed by atoms with Crippen molar-refractivity contribution >= 4 is 11.6 Å². The number of nitrogens with zero attached hydrogens (tertiary/aromatic N) is 1. The third-order valence-electron chi connectivity index (χ3n) is 3.51. The SMILES string of the molecule is CCCCCCCCC(=O)N/N=C(\CC)c1ccccc1. The van der Waals surface area contributed by atoms with Crippen molar-refractivity contribution in [3.05, 3.63) is 35.9 Å². The average Bonchev–Trinajstić information content (AvgIpc) is 2.52. The summed E-state index contributed by atoms with van der Waals surface area (Å²) in [5.41, 5.74) is 4.68. The summed E-state index contributed by atoms with van der Waals surface area (Å²) >= 11 is 0. The van der Waals surface area contributed by atoms with E-state index in [2.05, 4.69) is 17.5 Å². The maximum absolute atomic E-state index is 11.8.